The number of rotatable bonds is 6. The molecule has 5 nitrogen and oxygen atoms in total. The Morgan fingerprint density at radius 3 is 1.61 bits per heavy atom. The zero-order chi connectivity index (χ0) is 37.0. The summed E-state index contributed by atoms with van der Waals surface area (Å²) in [5.41, 5.74) is 11.8. The van der Waals surface area contributed by atoms with E-state index in [4.69, 9.17) is 19.4 Å². The number of hydrogen-bond donors (Lipinski definition) is 0. The number of aromatic nitrogens is 4. The smallest absolute Gasteiger partial charge is 0.166 e. The highest BCUT2D eigenvalue weighted by molar-refractivity contribution is 6.18. The molecule has 0 spiro atoms. The van der Waals surface area contributed by atoms with Crippen LogP contribution in [0.5, 0.6) is 0 Å². The van der Waals surface area contributed by atoms with Crippen LogP contribution in [0, 0.1) is 0 Å². The molecule has 3 heterocycles. The van der Waals surface area contributed by atoms with E-state index in [0.717, 1.165) is 88.4 Å². The van der Waals surface area contributed by atoms with Gasteiger partial charge < -0.3 is 8.98 Å². The first-order valence-corrected chi connectivity index (χ1v) is 18.8. The van der Waals surface area contributed by atoms with Crippen LogP contribution in [-0.2, 0) is 0 Å². The molecule has 3 aromatic heterocycles. The van der Waals surface area contributed by atoms with Gasteiger partial charge in [-0.15, -0.1) is 0 Å². The van der Waals surface area contributed by atoms with Gasteiger partial charge in [-0.3, -0.25) is 0 Å². The summed E-state index contributed by atoms with van der Waals surface area (Å²) in [4.78, 5) is 15.5. The zero-order valence-corrected chi connectivity index (χ0v) is 30.2. The van der Waals surface area contributed by atoms with E-state index >= 15 is 0 Å². The molecule has 0 amide bonds. The molecule has 0 aliphatic rings. The van der Waals surface area contributed by atoms with E-state index < -0.39 is 0 Å². The van der Waals surface area contributed by atoms with Crippen LogP contribution < -0.4 is 0 Å². The Labute approximate surface area is 322 Å². The minimum atomic E-state index is 0.559. The number of furan rings is 1. The van der Waals surface area contributed by atoms with Gasteiger partial charge in [0.15, 0.2) is 23.1 Å². The molecule has 0 unspecified atom stereocenters. The van der Waals surface area contributed by atoms with Gasteiger partial charge in [-0.25, -0.2) is 15.0 Å². The molecule has 0 saturated heterocycles. The fourth-order valence-electron chi connectivity index (χ4n) is 8.08. The largest absolute Gasteiger partial charge is 0.454 e. The van der Waals surface area contributed by atoms with Gasteiger partial charge in [0, 0.05) is 38.2 Å². The van der Waals surface area contributed by atoms with Crippen molar-refractivity contribution < 1.29 is 4.42 Å². The second-order valence-electron chi connectivity index (χ2n) is 14.0. The van der Waals surface area contributed by atoms with Crippen LogP contribution in [0.3, 0.4) is 0 Å². The fourth-order valence-corrected chi connectivity index (χ4v) is 8.08. The lowest BCUT2D eigenvalue weighted by Crippen LogP contribution is -2.04. The lowest BCUT2D eigenvalue weighted by molar-refractivity contribution is 0.666. The number of para-hydroxylation sites is 1. The van der Waals surface area contributed by atoms with E-state index in [1.807, 2.05) is 72.8 Å². The molecule has 0 N–H and O–H groups in total. The lowest BCUT2D eigenvalue weighted by Gasteiger charge is -2.16. The quantitative estimate of drug-likeness (QED) is 0.172. The van der Waals surface area contributed by atoms with Crippen LogP contribution in [0.1, 0.15) is 0 Å². The Bertz CT molecular complexity index is 3170. The van der Waals surface area contributed by atoms with Crippen LogP contribution in [0.2, 0.25) is 0 Å². The summed E-state index contributed by atoms with van der Waals surface area (Å²) >= 11 is 0. The van der Waals surface area contributed by atoms with Gasteiger partial charge in [0.05, 0.1) is 11.0 Å². The summed E-state index contributed by atoms with van der Waals surface area (Å²) in [6, 6.07) is 67.4. The van der Waals surface area contributed by atoms with Gasteiger partial charge in [-0.05, 0) is 52.6 Å². The molecule has 0 bridgehead atoms. The molecule has 56 heavy (non-hydrogen) atoms. The van der Waals surface area contributed by atoms with Crippen LogP contribution in [0.15, 0.2) is 199 Å². The maximum Gasteiger partial charge on any atom is 0.166 e. The number of hydrogen-bond acceptors (Lipinski definition) is 4. The van der Waals surface area contributed by atoms with Gasteiger partial charge in [-0.1, -0.05) is 164 Å². The SMILES string of the molecule is c1ccc(-c2ccc3c4c(-c5ccccc5)cccc4n(-c4c(-c5nc(-c6ccccc6)nc(-c6ccccc6)n5)ccc5c4oc4ccccc45)c3c2)cc1. The maximum absolute atomic E-state index is 6.93. The fraction of sp³-hybridized carbons (Fsp3) is 0. The van der Waals surface area contributed by atoms with Crippen LogP contribution in [0.25, 0.3) is 106 Å². The third-order valence-electron chi connectivity index (χ3n) is 10.7. The highest BCUT2D eigenvalue weighted by Gasteiger charge is 2.25. The molecule has 0 aliphatic heterocycles. The molecule has 0 fully saturated rings. The van der Waals surface area contributed by atoms with Gasteiger partial charge in [0.1, 0.15) is 11.3 Å². The van der Waals surface area contributed by atoms with Crippen LogP contribution >= 0.6 is 0 Å². The molecule has 8 aromatic carbocycles. The molecule has 11 aromatic rings. The average Bonchev–Trinajstić information content (AvgIpc) is 3.83. The number of benzene rings is 8. The topological polar surface area (TPSA) is 56.7 Å². The highest BCUT2D eigenvalue weighted by Crippen LogP contribution is 2.45. The monoisotopic (exact) mass is 716 g/mol. The summed E-state index contributed by atoms with van der Waals surface area (Å²) in [6.07, 6.45) is 0. The Balaban J connectivity index is 1.30. The summed E-state index contributed by atoms with van der Waals surface area (Å²) < 4.78 is 9.31. The molecule has 0 saturated carbocycles. The van der Waals surface area contributed by atoms with Crippen molar-refractivity contribution in [2.24, 2.45) is 0 Å². The van der Waals surface area contributed by atoms with Crippen molar-refractivity contribution in [1.82, 2.24) is 19.5 Å². The molecule has 0 aliphatic carbocycles. The Morgan fingerprint density at radius 2 is 0.929 bits per heavy atom. The van der Waals surface area contributed by atoms with Crippen LogP contribution in [-0.4, -0.2) is 19.5 Å². The number of fused-ring (bicyclic) bond motifs is 6. The lowest BCUT2D eigenvalue weighted by atomic mass is 9.98. The molecule has 5 heteroatoms. The third kappa shape index (κ3) is 5.21. The summed E-state index contributed by atoms with van der Waals surface area (Å²) in [5, 5.41) is 4.38. The van der Waals surface area contributed by atoms with E-state index in [1.54, 1.807) is 0 Å². The van der Waals surface area contributed by atoms with Crippen molar-refractivity contribution in [1.29, 1.82) is 0 Å². The van der Waals surface area contributed by atoms with E-state index in [1.165, 1.54) is 0 Å². The first-order chi connectivity index (χ1) is 27.8. The van der Waals surface area contributed by atoms with E-state index in [9.17, 15) is 0 Å². The maximum atomic E-state index is 6.93. The molecular formula is C51H32N4O. The summed E-state index contributed by atoms with van der Waals surface area (Å²) in [7, 11) is 0. The molecule has 262 valence electrons. The van der Waals surface area contributed by atoms with Gasteiger partial charge in [0.25, 0.3) is 0 Å². The predicted molar refractivity (Wildman–Crippen MR) is 229 cm³/mol. The van der Waals surface area contributed by atoms with Crippen molar-refractivity contribution in [3.05, 3.63) is 194 Å². The minimum absolute atomic E-state index is 0.559. The summed E-state index contributed by atoms with van der Waals surface area (Å²) in [6.45, 7) is 0. The van der Waals surface area contributed by atoms with Crippen LogP contribution in [0.4, 0.5) is 0 Å². The average molecular weight is 717 g/mol. The molecule has 0 radical (unpaired) electrons. The predicted octanol–water partition coefficient (Wildman–Crippen LogP) is 13.2. The molecule has 0 atom stereocenters. The normalized spacial score (nSPS) is 11.6. The summed E-state index contributed by atoms with van der Waals surface area (Å²) in [5.74, 6) is 1.76. The first kappa shape index (κ1) is 31.9. The number of nitrogens with zero attached hydrogens (tertiary/aromatic N) is 4. The van der Waals surface area contributed by atoms with Crippen molar-refractivity contribution in [3.8, 4) is 62.1 Å². The third-order valence-corrected chi connectivity index (χ3v) is 10.7. The standard InChI is InChI=1S/C51H32N4O/c1-5-16-33(17-6-1)37-28-29-41-44(32-37)55(43-26-15-25-38(46(41)43)34-18-7-2-8-19-34)47-42(31-30-40-39-24-13-14-27-45(39)56-48(40)47)51-53-49(35-20-9-3-10-21-35)52-50(54-51)36-22-11-4-12-23-36/h1-32H. The van der Waals surface area contributed by atoms with Crippen molar-refractivity contribution in [2.45, 2.75) is 0 Å². The second kappa shape index (κ2) is 13.0. The molecule has 11 rings (SSSR count). The highest BCUT2D eigenvalue weighted by atomic mass is 16.3. The first-order valence-electron chi connectivity index (χ1n) is 18.8. The minimum Gasteiger partial charge on any atom is -0.454 e. The zero-order valence-electron chi connectivity index (χ0n) is 30.2. The van der Waals surface area contributed by atoms with Crippen molar-refractivity contribution in [2.75, 3.05) is 0 Å². The van der Waals surface area contributed by atoms with E-state index in [-0.39, 0.29) is 0 Å². The second-order valence-corrected chi connectivity index (χ2v) is 14.0. The van der Waals surface area contributed by atoms with Gasteiger partial charge in [0.2, 0.25) is 0 Å². The van der Waals surface area contributed by atoms with Gasteiger partial charge in [-0.2, -0.15) is 0 Å². The van der Waals surface area contributed by atoms with Gasteiger partial charge >= 0.3 is 0 Å². The Hall–Kier alpha value is -7.63. The Kier molecular flexibility index (Phi) is 7.42. The van der Waals surface area contributed by atoms with E-state index in [2.05, 4.69) is 126 Å². The van der Waals surface area contributed by atoms with Crippen molar-refractivity contribution in [3.63, 3.8) is 0 Å². The Morgan fingerprint density at radius 1 is 0.357 bits per heavy atom. The van der Waals surface area contributed by atoms with Crippen molar-refractivity contribution >= 4 is 43.7 Å². The molecular weight excluding hydrogens is 685 g/mol. The van der Waals surface area contributed by atoms with E-state index in [0.29, 0.717) is 17.5 Å².